The summed E-state index contributed by atoms with van der Waals surface area (Å²) in [4.78, 5) is 34.5. The molecule has 0 aromatic carbocycles. The Labute approximate surface area is 108 Å². The van der Waals surface area contributed by atoms with Gasteiger partial charge in [-0.1, -0.05) is 33.1 Å². The normalized spacial score (nSPS) is 13.1. The molecule has 0 unspecified atom stereocenters. The lowest BCUT2D eigenvalue weighted by Crippen LogP contribution is -2.49. The van der Waals surface area contributed by atoms with E-state index in [1.807, 2.05) is 6.92 Å². The van der Waals surface area contributed by atoms with Crippen LogP contribution in [0.5, 0.6) is 0 Å². The number of hydrogen-bond donors (Lipinski definition) is 2. The zero-order valence-corrected chi connectivity index (χ0v) is 11.5. The molecule has 0 spiro atoms. The summed E-state index contributed by atoms with van der Waals surface area (Å²) >= 11 is 0. The van der Waals surface area contributed by atoms with Gasteiger partial charge in [-0.25, -0.2) is 0 Å². The summed E-state index contributed by atoms with van der Waals surface area (Å²) in [7, 11) is 0. The molecule has 0 heterocycles. The second kappa shape index (κ2) is 7.13. The molecule has 5 heteroatoms. The van der Waals surface area contributed by atoms with E-state index < -0.39 is 23.1 Å². The first-order chi connectivity index (χ1) is 8.27. The number of nitrogens with two attached hydrogens (primary N) is 2. The molecule has 0 aliphatic carbocycles. The molecule has 4 N–H and O–H groups in total. The van der Waals surface area contributed by atoms with Gasteiger partial charge in [0.2, 0.25) is 11.8 Å². The van der Waals surface area contributed by atoms with Crippen LogP contribution in [0.25, 0.3) is 0 Å². The SMILES string of the molecule is CCCCCC(C[C@@H](C)C(C)=O)(C(N)=O)C(N)=O. The van der Waals surface area contributed by atoms with E-state index in [9.17, 15) is 14.4 Å². The number of Topliss-reactive ketones (excluding diaryl/α,β-unsaturated/α-hetero) is 1. The van der Waals surface area contributed by atoms with Crippen molar-refractivity contribution in [3.63, 3.8) is 0 Å². The summed E-state index contributed by atoms with van der Waals surface area (Å²) in [6, 6.07) is 0. The van der Waals surface area contributed by atoms with Crippen LogP contribution in [0.2, 0.25) is 0 Å². The molecule has 0 saturated carbocycles. The average molecular weight is 256 g/mol. The second-order valence-electron chi connectivity index (χ2n) is 4.98. The zero-order valence-electron chi connectivity index (χ0n) is 11.5. The van der Waals surface area contributed by atoms with E-state index in [-0.39, 0.29) is 12.2 Å². The maximum Gasteiger partial charge on any atom is 0.233 e. The third kappa shape index (κ3) is 4.13. The standard InChI is InChI=1S/C13H24N2O3/c1-4-5-6-7-13(11(14)17,12(15)18)8-9(2)10(3)16/h9H,4-8H2,1-3H3,(H2,14,17)(H2,15,18)/t9-/m1/s1. The number of amides is 2. The Bertz CT molecular complexity index is 312. The highest BCUT2D eigenvalue weighted by molar-refractivity contribution is 6.04. The molecule has 0 aromatic heterocycles. The molecule has 0 rings (SSSR count). The quantitative estimate of drug-likeness (QED) is 0.477. The summed E-state index contributed by atoms with van der Waals surface area (Å²) in [6.45, 7) is 5.14. The number of carbonyl (C=O) groups excluding carboxylic acids is 3. The van der Waals surface area contributed by atoms with Gasteiger partial charge >= 0.3 is 0 Å². The summed E-state index contributed by atoms with van der Waals surface area (Å²) in [5, 5.41) is 0. The highest BCUT2D eigenvalue weighted by Gasteiger charge is 2.43. The van der Waals surface area contributed by atoms with Gasteiger partial charge < -0.3 is 11.5 Å². The third-order valence-corrected chi connectivity index (χ3v) is 3.50. The van der Waals surface area contributed by atoms with Crippen molar-refractivity contribution in [2.75, 3.05) is 0 Å². The molecule has 1 atom stereocenters. The van der Waals surface area contributed by atoms with Crippen LogP contribution in [0.4, 0.5) is 0 Å². The lowest BCUT2D eigenvalue weighted by atomic mass is 9.73. The minimum Gasteiger partial charge on any atom is -0.369 e. The fraction of sp³-hybridized carbons (Fsp3) is 0.769. The number of ketones is 1. The van der Waals surface area contributed by atoms with Crippen molar-refractivity contribution in [2.45, 2.75) is 52.9 Å². The van der Waals surface area contributed by atoms with E-state index >= 15 is 0 Å². The van der Waals surface area contributed by atoms with Gasteiger partial charge in [-0.2, -0.15) is 0 Å². The van der Waals surface area contributed by atoms with Crippen LogP contribution in [-0.4, -0.2) is 17.6 Å². The highest BCUT2D eigenvalue weighted by atomic mass is 16.2. The Kier molecular flexibility index (Phi) is 6.58. The minimum atomic E-state index is -1.39. The minimum absolute atomic E-state index is 0.0719. The molecule has 0 aromatic rings. The molecule has 0 saturated heterocycles. The summed E-state index contributed by atoms with van der Waals surface area (Å²) in [5.41, 5.74) is 9.32. The number of carbonyl (C=O) groups is 3. The molecule has 2 amide bonds. The van der Waals surface area contributed by atoms with Gasteiger partial charge in [0.15, 0.2) is 0 Å². The highest BCUT2D eigenvalue weighted by Crippen LogP contribution is 2.32. The number of rotatable bonds is 9. The first kappa shape index (κ1) is 16.6. The van der Waals surface area contributed by atoms with Crippen molar-refractivity contribution >= 4 is 17.6 Å². The van der Waals surface area contributed by atoms with Gasteiger partial charge in [0, 0.05) is 5.92 Å². The first-order valence-corrected chi connectivity index (χ1v) is 6.38. The molecule has 0 bridgehead atoms. The van der Waals surface area contributed by atoms with Crippen molar-refractivity contribution in [1.82, 2.24) is 0 Å². The van der Waals surface area contributed by atoms with E-state index in [1.165, 1.54) is 6.92 Å². The van der Waals surface area contributed by atoms with Gasteiger partial charge in [0.1, 0.15) is 11.2 Å². The molecule has 5 nitrogen and oxygen atoms in total. The summed E-state index contributed by atoms with van der Waals surface area (Å²) in [5.74, 6) is -1.91. The van der Waals surface area contributed by atoms with Crippen LogP contribution in [0.1, 0.15) is 52.9 Å². The third-order valence-electron chi connectivity index (χ3n) is 3.50. The number of primary amides is 2. The Hall–Kier alpha value is -1.39. The van der Waals surface area contributed by atoms with Crippen LogP contribution in [-0.2, 0) is 14.4 Å². The van der Waals surface area contributed by atoms with Gasteiger partial charge in [0.05, 0.1) is 0 Å². The molecular weight excluding hydrogens is 232 g/mol. The Morgan fingerprint density at radius 3 is 1.94 bits per heavy atom. The first-order valence-electron chi connectivity index (χ1n) is 6.38. The Balaban J connectivity index is 5.04. The van der Waals surface area contributed by atoms with E-state index in [4.69, 9.17) is 11.5 Å². The topological polar surface area (TPSA) is 103 Å². The average Bonchev–Trinajstić information content (AvgIpc) is 2.26. The van der Waals surface area contributed by atoms with Crippen LogP contribution in [0.3, 0.4) is 0 Å². The maximum absolute atomic E-state index is 11.6. The van der Waals surface area contributed by atoms with Crippen molar-refractivity contribution < 1.29 is 14.4 Å². The van der Waals surface area contributed by atoms with Crippen LogP contribution < -0.4 is 11.5 Å². The smallest absolute Gasteiger partial charge is 0.233 e. The van der Waals surface area contributed by atoms with E-state index in [1.54, 1.807) is 6.92 Å². The van der Waals surface area contributed by atoms with Crippen molar-refractivity contribution in [2.24, 2.45) is 22.8 Å². The van der Waals surface area contributed by atoms with Gasteiger partial charge in [-0.3, -0.25) is 14.4 Å². The molecule has 0 radical (unpaired) electrons. The fourth-order valence-corrected chi connectivity index (χ4v) is 2.01. The van der Waals surface area contributed by atoms with Gasteiger partial charge in [-0.05, 0) is 19.8 Å². The predicted octanol–water partition coefficient (Wildman–Crippen LogP) is 1.14. The summed E-state index contributed by atoms with van der Waals surface area (Å²) < 4.78 is 0. The maximum atomic E-state index is 11.6. The van der Waals surface area contributed by atoms with Gasteiger partial charge in [-0.15, -0.1) is 0 Å². The Morgan fingerprint density at radius 1 is 1.11 bits per heavy atom. The molecule has 0 aliphatic rings. The molecule has 0 fully saturated rings. The lowest BCUT2D eigenvalue weighted by molar-refractivity contribution is -0.142. The molecular formula is C13H24N2O3. The van der Waals surface area contributed by atoms with Crippen LogP contribution in [0.15, 0.2) is 0 Å². The van der Waals surface area contributed by atoms with Crippen molar-refractivity contribution in [3.8, 4) is 0 Å². The van der Waals surface area contributed by atoms with E-state index in [0.29, 0.717) is 12.8 Å². The summed E-state index contributed by atoms with van der Waals surface area (Å²) in [6.07, 6.45) is 3.00. The molecule has 18 heavy (non-hydrogen) atoms. The monoisotopic (exact) mass is 256 g/mol. The Morgan fingerprint density at radius 2 is 1.61 bits per heavy atom. The molecule has 0 aliphatic heterocycles. The number of unbranched alkanes of at least 4 members (excludes halogenated alkanes) is 2. The van der Waals surface area contributed by atoms with Crippen LogP contribution >= 0.6 is 0 Å². The van der Waals surface area contributed by atoms with E-state index in [2.05, 4.69) is 0 Å². The second-order valence-corrected chi connectivity index (χ2v) is 4.98. The fourth-order valence-electron chi connectivity index (χ4n) is 2.01. The lowest BCUT2D eigenvalue weighted by Gasteiger charge is -2.29. The zero-order chi connectivity index (χ0) is 14.3. The van der Waals surface area contributed by atoms with Crippen molar-refractivity contribution in [3.05, 3.63) is 0 Å². The predicted molar refractivity (Wildman–Crippen MR) is 69.4 cm³/mol. The molecule has 104 valence electrons. The van der Waals surface area contributed by atoms with Crippen LogP contribution in [0, 0.1) is 11.3 Å². The largest absolute Gasteiger partial charge is 0.369 e. The van der Waals surface area contributed by atoms with Gasteiger partial charge in [0.25, 0.3) is 0 Å². The van der Waals surface area contributed by atoms with Crippen molar-refractivity contribution in [1.29, 1.82) is 0 Å². The number of hydrogen-bond acceptors (Lipinski definition) is 3. The van der Waals surface area contributed by atoms with E-state index in [0.717, 1.165) is 12.8 Å².